The van der Waals surface area contributed by atoms with Crippen LogP contribution in [-0.4, -0.2) is 28.8 Å². The first-order chi connectivity index (χ1) is 13.8. The highest BCUT2D eigenvalue weighted by molar-refractivity contribution is 6.30. The molecule has 0 aliphatic carbocycles. The van der Waals surface area contributed by atoms with Crippen LogP contribution in [0.15, 0.2) is 48.5 Å². The minimum atomic E-state index is -0.562. The Morgan fingerprint density at radius 1 is 1.07 bits per heavy atom. The normalized spacial score (nSPS) is 12.9. The molecule has 2 amide bonds. The molecule has 2 aromatic carbocycles. The summed E-state index contributed by atoms with van der Waals surface area (Å²) in [5.74, 6) is -0.178. The number of carbonyl (C=O) groups is 2. The van der Waals surface area contributed by atoms with Gasteiger partial charge in [-0.1, -0.05) is 60.5 Å². The largest absolute Gasteiger partial charge is 0.352 e. The Labute approximate surface area is 179 Å². The van der Waals surface area contributed by atoms with Crippen molar-refractivity contribution >= 4 is 23.4 Å². The molecule has 2 aromatic rings. The second-order valence-electron chi connectivity index (χ2n) is 7.63. The molecule has 5 heteroatoms. The molecule has 0 aromatic heterocycles. The third-order valence-electron chi connectivity index (χ3n) is 5.16. The number of rotatable bonds is 9. The van der Waals surface area contributed by atoms with E-state index < -0.39 is 6.04 Å². The van der Waals surface area contributed by atoms with E-state index in [4.69, 9.17) is 11.6 Å². The average molecular weight is 415 g/mol. The number of amides is 2. The summed E-state index contributed by atoms with van der Waals surface area (Å²) in [7, 11) is 0. The molecule has 2 atom stereocenters. The number of nitrogens with zero attached hydrogens (tertiary/aromatic N) is 1. The van der Waals surface area contributed by atoms with Crippen LogP contribution in [0.3, 0.4) is 0 Å². The van der Waals surface area contributed by atoms with Gasteiger partial charge in [0.1, 0.15) is 6.04 Å². The summed E-state index contributed by atoms with van der Waals surface area (Å²) in [6, 6.07) is 15.1. The van der Waals surface area contributed by atoms with Crippen molar-refractivity contribution in [1.29, 1.82) is 0 Å². The van der Waals surface area contributed by atoms with Gasteiger partial charge in [-0.2, -0.15) is 0 Å². The highest BCUT2D eigenvalue weighted by atomic mass is 35.5. The number of benzene rings is 2. The lowest BCUT2D eigenvalue weighted by molar-refractivity contribution is -0.140. The van der Waals surface area contributed by atoms with Crippen molar-refractivity contribution in [1.82, 2.24) is 10.2 Å². The maximum Gasteiger partial charge on any atom is 0.242 e. The minimum Gasteiger partial charge on any atom is -0.352 e. The smallest absolute Gasteiger partial charge is 0.242 e. The lowest BCUT2D eigenvalue weighted by Gasteiger charge is -2.30. The highest BCUT2D eigenvalue weighted by Crippen LogP contribution is 2.16. The number of hydrogen-bond donors (Lipinski definition) is 1. The molecular formula is C24H31ClN2O2. The van der Waals surface area contributed by atoms with Crippen LogP contribution in [0.5, 0.6) is 0 Å². The van der Waals surface area contributed by atoms with Crippen molar-refractivity contribution in [2.24, 2.45) is 0 Å². The van der Waals surface area contributed by atoms with Crippen molar-refractivity contribution in [2.45, 2.75) is 65.6 Å². The third kappa shape index (κ3) is 7.21. The van der Waals surface area contributed by atoms with E-state index >= 15 is 0 Å². The first kappa shape index (κ1) is 23.0. The van der Waals surface area contributed by atoms with Crippen molar-refractivity contribution in [2.75, 3.05) is 0 Å². The number of aryl methyl sites for hydroxylation is 2. The summed E-state index contributed by atoms with van der Waals surface area (Å²) in [6.07, 6.45) is 1.84. The van der Waals surface area contributed by atoms with E-state index in [0.29, 0.717) is 24.4 Å². The molecule has 0 spiro atoms. The molecular weight excluding hydrogens is 384 g/mol. The molecule has 2 rings (SSSR count). The van der Waals surface area contributed by atoms with Crippen LogP contribution in [-0.2, 0) is 22.6 Å². The molecule has 1 N–H and O–H groups in total. The summed E-state index contributed by atoms with van der Waals surface area (Å²) in [5, 5.41) is 3.60. The maximum absolute atomic E-state index is 13.1. The van der Waals surface area contributed by atoms with Crippen LogP contribution in [0.25, 0.3) is 0 Å². The average Bonchev–Trinajstić information content (AvgIpc) is 2.70. The molecule has 0 bridgehead atoms. The van der Waals surface area contributed by atoms with Crippen LogP contribution in [0.4, 0.5) is 0 Å². The van der Waals surface area contributed by atoms with Gasteiger partial charge in [0, 0.05) is 24.0 Å². The van der Waals surface area contributed by atoms with Gasteiger partial charge in [0.15, 0.2) is 0 Å². The predicted molar refractivity (Wildman–Crippen MR) is 119 cm³/mol. The zero-order chi connectivity index (χ0) is 21.4. The molecule has 4 nitrogen and oxygen atoms in total. The number of halogens is 1. The van der Waals surface area contributed by atoms with E-state index in [1.54, 1.807) is 17.9 Å². The van der Waals surface area contributed by atoms with Crippen molar-refractivity contribution in [3.05, 3.63) is 70.2 Å². The fourth-order valence-corrected chi connectivity index (χ4v) is 3.24. The Bertz CT molecular complexity index is 820. The summed E-state index contributed by atoms with van der Waals surface area (Å²) in [6.45, 7) is 8.16. The zero-order valence-electron chi connectivity index (χ0n) is 17.7. The van der Waals surface area contributed by atoms with E-state index in [1.165, 1.54) is 5.56 Å². The van der Waals surface area contributed by atoms with Crippen molar-refractivity contribution in [3.63, 3.8) is 0 Å². The molecule has 0 fully saturated rings. The lowest BCUT2D eigenvalue weighted by Crippen LogP contribution is -2.49. The van der Waals surface area contributed by atoms with Crippen molar-refractivity contribution < 1.29 is 9.59 Å². The van der Waals surface area contributed by atoms with Gasteiger partial charge in [-0.3, -0.25) is 9.59 Å². The van der Waals surface area contributed by atoms with Gasteiger partial charge >= 0.3 is 0 Å². The SMILES string of the molecule is CC[C@H](C)NC(=O)[C@@H](C)N(Cc1cccc(Cl)c1)C(=O)CCc1ccc(C)cc1. The van der Waals surface area contributed by atoms with Gasteiger partial charge in [0.05, 0.1) is 0 Å². The fourth-order valence-electron chi connectivity index (χ4n) is 3.03. The van der Waals surface area contributed by atoms with E-state index in [0.717, 1.165) is 17.5 Å². The van der Waals surface area contributed by atoms with Crippen LogP contribution in [0.1, 0.15) is 50.3 Å². The van der Waals surface area contributed by atoms with Gasteiger partial charge in [-0.05, 0) is 56.9 Å². The molecule has 0 aliphatic heterocycles. The highest BCUT2D eigenvalue weighted by Gasteiger charge is 2.26. The van der Waals surface area contributed by atoms with Crippen LogP contribution < -0.4 is 5.32 Å². The van der Waals surface area contributed by atoms with Gasteiger partial charge in [-0.15, -0.1) is 0 Å². The Kier molecular flexibility index (Phi) is 8.71. The molecule has 0 heterocycles. The van der Waals surface area contributed by atoms with Gasteiger partial charge in [0.25, 0.3) is 0 Å². The van der Waals surface area contributed by atoms with Gasteiger partial charge in [0.2, 0.25) is 11.8 Å². The Hall–Kier alpha value is -2.33. The van der Waals surface area contributed by atoms with E-state index in [2.05, 4.69) is 5.32 Å². The third-order valence-corrected chi connectivity index (χ3v) is 5.39. The standard InChI is InChI=1S/C24H31ClN2O2/c1-5-18(3)26-24(29)19(4)27(16-21-7-6-8-22(25)15-21)23(28)14-13-20-11-9-17(2)10-12-20/h6-12,15,18-19H,5,13-14,16H2,1-4H3,(H,26,29)/t18-,19+/m0/s1. The lowest BCUT2D eigenvalue weighted by atomic mass is 10.1. The topological polar surface area (TPSA) is 49.4 Å². The summed E-state index contributed by atoms with van der Waals surface area (Å²) in [5.41, 5.74) is 3.21. The quantitative estimate of drug-likeness (QED) is 0.633. The second-order valence-corrected chi connectivity index (χ2v) is 8.07. The number of hydrogen-bond acceptors (Lipinski definition) is 2. The molecule has 0 saturated carbocycles. The second kappa shape index (κ2) is 11.0. The van der Waals surface area contributed by atoms with Crippen molar-refractivity contribution in [3.8, 4) is 0 Å². The summed E-state index contributed by atoms with van der Waals surface area (Å²) < 4.78 is 0. The van der Waals surface area contributed by atoms with E-state index in [1.807, 2.05) is 63.2 Å². The maximum atomic E-state index is 13.1. The first-order valence-corrected chi connectivity index (χ1v) is 10.6. The van der Waals surface area contributed by atoms with E-state index in [9.17, 15) is 9.59 Å². The monoisotopic (exact) mass is 414 g/mol. The fraction of sp³-hybridized carbons (Fsp3) is 0.417. The summed E-state index contributed by atoms with van der Waals surface area (Å²) in [4.78, 5) is 27.4. The Morgan fingerprint density at radius 2 is 1.76 bits per heavy atom. The van der Waals surface area contributed by atoms with Crippen LogP contribution in [0, 0.1) is 6.92 Å². The van der Waals surface area contributed by atoms with E-state index in [-0.39, 0.29) is 17.9 Å². The number of carbonyl (C=O) groups excluding carboxylic acids is 2. The molecule has 156 valence electrons. The van der Waals surface area contributed by atoms with Crippen LogP contribution >= 0.6 is 11.6 Å². The van der Waals surface area contributed by atoms with Gasteiger partial charge < -0.3 is 10.2 Å². The molecule has 0 aliphatic rings. The Balaban J connectivity index is 2.14. The predicted octanol–water partition coefficient (Wildman–Crippen LogP) is 4.91. The molecule has 0 unspecified atom stereocenters. The molecule has 0 radical (unpaired) electrons. The minimum absolute atomic E-state index is 0.0441. The van der Waals surface area contributed by atoms with Crippen LogP contribution in [0.2, 0.25) is 5.02 Å². The first-order valence-electron chi connectivity index (χ1n) is 10.2. The van der Waals surface area contributed by atoms with Gasteiger partial charge in [-0.25, -0.2) is 0 Å². The zero-order valence-corrected chi connectivity index (χ0v) is 18.5. The Morgan fingerprint density at radius 3 is 2.38 bits per heavy atom. The molecule has 29 heavy (non-hydrogen) atoms. The number of nitrogens with one attached hydrogen (secondary N) is 1. The summed E-state index contributed by atoms with van der Waals surface area (Å²) >= 11 is 6.11. The molecule has 0 saturated heterocycles.